The van der Waals surface area contributed by atoms with Gasteiger partial charge in [-0.3, -0.25) is 0 Å². The van der Waals surface area contributed by atoms with E-state index < -0.39 is 0 Å². The van der Waals surface area contributed by atoms with Crippen LogP contribution in [0, 0.1) is 0 Å². The lowest BCUT2D eigenvalue weighted by Gasteiger charge is -2.39. The van der Waals surface area contributed by atoms with Gasteiger partial charge in [-0.15, -0.1) is 0 Å². The van der Waals surface area contributed by atoms with Crippen molar-refractivity contribution in [2.45, 2.75) is 45.8 Å². The Kier molecular flexibility index (Phi) is 4.35. The standard InChI is InChI=1S/C16H27N3O/c1-12-10-18(5)6-7-19(12)15-9-13(11-20)8-14(17-15)16(2,3)4/h8-9,12,20H,6-7,10-11H2,1-5H3. The predicted octanol–water partition coefficient (Wildman–Crippen LogP) is 2.01. The fourth-order valence-corrected chi connectivity index (χ4v) is 2.67. The minimum absolute atomic E-state index is 0.00422. The molecule has 1 aromatic heterocycles. The van der Waals surface area contributed by atoms with Crippen molar-refractivity contribution in [3.8, 4) is 0 Å². The van der Waals surface area contributed by atoms with E-state index in [1.807, 2.05) is 12.1 Å². The SMILES string of the molecule is CC1CN(C)CCN1c1cc(CO)cc(C(C)(C)C)n1. The minimum atomic E-state index is -0.00422. The number of anilines is 1. The van der Waals surface area contributed by atoms with Crippen LogP contribution in [-0.2, 0) is 12.0 Å². The number of pyridine rings is 1. The molecule has 0 saturated carbocycles. The van der Waals surface area contributed by atoms with Crippen LogP contribution in [0.15, 0.2) is 12.1 Å². The van der Waals surface area contributed by atoms with E-state index in [4.69, 9.17) is 4.98 Å². The van der Waals surface area contributed by atoms with E-state index >= 15 is 0 Å². The van der Waals surface area contributed by atoms with Gasteiger partial charge in [-0.05, 0) is 31.7 Å². The third-order valence-electron chi connectivity index (χ3n) is 3.95. The van der Waals surface area contributed by atoms with E-state index in [1.54, 1.807) is 0 Å². The van der Waals surface area contributed by atoms with Crippen LogP contribution < -0.4 is 4.90 Å². The normalized spacial score (nSPS) is 21.3. The molecule has 1 atom stereocenters. The van der Waals surface area contributed by atoms with Gasteiger partial charge in [-0.1, -0.05) is 20.8 Å². The van der Waals surface area contributed by atoms with Crippen molar-refractivity contribution >= 4 is 5.82 Å². The first-order chi connectivity index (χ1) is 9.31. The Balaban J connectivity index is 2.36. The number of rotatable bonds is 2. The fourth-order valence-electron chi connectivity index (χ4n) is 2.67. The molecule has 1 unspecified atom stereocenters. The summed E-state index contributed by atoms with van der Waals surface area (Å²) in [5.74, 6) is 1.00. The van der Waals surface area contributed by atoms with Gasteiger partial charge in [0.05, 0.1) is 6.61 Å². The lowest BCUT2D eigenvalue weighted by atomic mass is 9.90. The van der Waals surface area contributed by atoms with Crippen LogP contribution in [0.5, 0.6) is 0 Å². The Bertz CT molecular complexity index is 467. The van der Waals surface area contributed by atoms with Crippen LogP contribution in [0.4, 0.5) is 5.82 Å². The van der Waals surface area contributed by atoms with Crippen molar-refractivity contribution in [3.63, 3.8) is 0 Å². The topological polar surface area (TPSA) is 39.6 Å². The molecular formula is C16H27N3O. The fraction of sp³-hybridized carbons (Fsp3) is 0.688. The van der Waals surface area contributed by atoms with Crippen molar-refractivity contribution in [1.82, 2.24) is 9.88 Å². The molecule has 4 nitrogen and oxygen atoms in total. The number of nitrogens with zero attached hydrogens (tertiary/aromatic N) is 3. The average molecular weight is 277 g/mol. The van der Waals surface area contributed by atoms with Gasteiger partial charge >= 0.3 is 0 Å². The summed E-state index contributed by atoms with van der Waals surface area (Å²) in [6.45, 7) is 11.9. The quantitative estimate of drug-likeness (QED) is 0.897. The molecule has 0 spiro atoms. The van der Waals surface area contributed by atoms with E-state index in [0.717, 1.165) is 36.7 Å². The van der Waals surface area contributed by atoms with Crippen molar-refractivity contribution in [3.05, 3.63) is 23.4 Å². The Morgan fingerprint density at radius 1 is 1.30 bits per heavy atom. The summed E-state index contributed by atoms with van der Waals surface area (Å²) in [4.78, 5) is 9.55. The zero-order chi connectivity index (χ0) is 14.9. The third kappa shape index (κ3) is 3.30. The van der Waals surface area contributed by atoms with Crippen LogP contribution in [0.3, 0.4) is 0 Å². The van der Waals surface area contributed by atoms with E-state index in [2.05, 4.69) is 44.5 Å². The average Bonchev–Trinajstić information content (AvgIpc) is 2.37. The molecule has 0 radical (unpaired) electrons. The molecule has 0 amide bonds. The van der Waals surface area contributed by atoms with Crippen molar-refractivity contribution in [1.29, 1.82) is 0 Å². The first-order valence-electron chi connectivity index (χ1n) is 7.38. The molecule has 0 aromatic carbocycles. The van der Waals surface area contributed by atoms with Crippen LogP contribution in [0.1, 0.15) is 39.0 Å². The monoisotopic (exact) mass is 277 g/mol. The molecule has 1 saturated heterocycles. The van der Waals surface area contributed by atoms with Crippen LogP contribution in [0.25, 0.3) is 0 Å². The summed E-state index contributed by atoms with van der Waals surface area (Å²) in [5, 5.41) is 9.50. The largest absolute Gasteiger partial charge is 0.392 e. The van der Waals surface area contributed by atoms with Gasteiger partial charge in [0.1, 0.15) is 5.82 Å². The molecule has 4 heteroatoms. The maximum Gasteiger partial charge on any atom is 0.129 e. The molecular weight excluding hydrogens is 250 g/mol. The lowest BCUT2D eigenvalue weighted by Crippen LogP contribution is -2.51. The van der Waals surface area contributed by atoms with Crippen molar-refractivity contribution < 1.29 is 5.11 Å². The van der Waals surface area contributed by atoms with E-state index in [-0.39, 0.29) is 12.0 Å². The second kappa shape index (κ2) is 5.70. The summed E-state index contributed by atoms with van der Waals surface area (Å²) < 4.78 is 0. The molecule has 0 aliphatic carbocycles. The summed E-state index contributed by atoms with van der Waals surface area (Å²) in [6, 6.07) is 4.49. The Morgan fingerprint density at radius 3 is 2.55 bits per heavy atom. The molecule has 2 rings (SSSR count). The van der Waals surface area contributed by atoms with Crippen molar-refractivity contribution in [2.24, 2.45) is 0 Å². The molecule has 1 aliphatic heterocycles. The summed E-state index contributed by atoms with van der Waals surface area (Å²) in [5.41, 5.74) is 1.99. The van der Waals surface area contributed by atoms with E-state index in [0.29, 0.717) is 6.04 Å². The van der Waals surface area contributed by atoms with E-state index in [1.165, 1.54) is 0 Å². The van der Waals surface area contributed by atoms with E-state index in [9.17, 15) is 5.11 Å². The lowest BCUT2D eigenvalue weighted by molar-refractivity contribution is 0.273. The highest BCUT2D eigenvalue weighted by molar-refractivity contribution is 5.45. The van der Waals surface area contributed by atoms with Gasteiger partial charge < -0.3 is 14.9 Å². The number of aliphatic hydroxyl groups excluding tert-OH is 1. The van der Waals surface area contributed by atoms with Gasteiger partial charge in [0, 0.05) is 36.8 Å². The first kappa shape index (κ1) is 15.3. The number of hydrogen-bond acceptors (Lipinski definition) is 4. The second-order valence-electron chi connectivity index (χ2n) is 6.93. The maximum absolute atomic E-state index is 9.50. The number of aliphatic hydroxyl groups is 1. The predicted molar refractivity (Wildman–Crippen MR) is 83.2 cm³/mol. The smallest absolute Gasteiger partial charge is 0.129 e. The Labute approximate surface area is 122 Å². The van der Waals surface area contributed by atoms with Gasteiger partial charge in [0.15, 0.2) is 0 Å². The van der Waals surface area contributed by atoms with Gasteiger partial charge in [-0.2, -0.15) is 0 Å². The number of hydrogen-bond donors (Lipinski definition) is 1. The number of piperazine rings is 1. The summed E-state index contributed by atoms with van der Waals surface area (Å²) in [6.07, 6.45) is 0. The molecule has 1 fully saturated rings. The summed E-state index contributed by atoms with van der Waals surface area (Å²) in [7, 11) is 2.16. The molecule has 1 N–H and O–H groups in total. The van der Waals surface area contributed by atoms with Gasteiger partial charge in [-0.25, -0.2) is 4.98 Å². The molecule has 20 heavy (non-hydrogen) atoms. The maximum atomic E-state index is 9.50. The highest BCUT2D eigenvalue weighted by Gasteiger charge is 2.25. The molecule has 1 aliphatic rings. The van der Waals surface area contributed by atoms with Crippen molar-refractivity contribution in [2.75, 3.05) is 31.6 Å². The number of aromatic nitrogens is 1. The highest BCUT2D eigenvalue weighted by Crippen LogP contribution is 2.26. The second-order valence-corrected chi connectivity index (χ2v) is 6.93. The van der Waals surface area contributed by atoms with Crippen LogP contribution >= 0.6 is 0 Å². The first-order valence-corrected chi connectivity index (χ1v) is 7.38. The zero-order valence-corrected chi connectivity index (χ0v) is 13.3. The molecule has 0 bridgehead atoms. The Hall–Kier alpha value is -1.13. The van der Waals surface area contributed by atoms with Gasteiger partial charge in [0.2, 0.25) is 0 Å². The molecule has 2 heterocycles. The molecule has 112 valence electrons. The van der Waals surface area contributed by atoms with Gasteiger partial charge in [0.25, 0.3) is 0 Å². The summed E-state index contributed by atoms with van der Waals surface area (Å²) >= 11 is 0. The Morgan fingerprint density at radius 2 is 2.00 bits per heavy atom. The third-order valence-corrected chi connectivity index (χ3v) is 3.95. The zero-order valence-electron chi connectivity index (χ0n) is 13.3. The van der Waals surface area contributed by atoms with Crippen LogP contribution in [0.2, 0.25) is 0 Å². The molecule has 1 aromatic rings. The number of likely N-dealkylation sites (N-methyl/N-ethyl adjacent to an activating group) is 1. The highest BCUT2D eigenvalue weighted by atomic mass is 16.3. The van der Waals surface area contributed by atoms with Crippen LogP contribution in [-0.4, -0.2) is 47.7 Å². The minimum Gasteiger partial charge on any atom is -0.392 e.